The van der Waals surface area contributed by atoms with Gasteiger partial charge in [-0.3, -0.25) is 0 Å². The van der Waals surface area contributed by atoms with Gasteiger partial charge >= 0.3 is 0 Å². The summed E-state index contributed by atoms with van der Waals surface area (Å²) in [4.78, 5) is 0. The highest BCUT2D eigenvalue weighted by Gasteiger charge is 2.21. The van der Waals surface area contributed by atoms with E-state index in [0.717, 1.165) is 0 Å². The Hall–Kier alpha value is -1.08. The largest absolute Gasteiger partial charge is 0.0772 e. The summed E-state index contributed by atoms with van der Waals surface area (Å²) in [5, 5.41) is 1.54. The van der Waals surface area contributed by atoms with Crippen LogP contribution >= 0.6 is 0 Å². The highest BCUT2D eigenvalue weighted by atomic mass is 28.3. The molecule has 0 unspecified atom stereocenters. The molecule has 1 aliphatic carbocycles. The quantitative estimate of drug-likeness (QED) is 0.649. The lowest BCUT2D eigenvalue weighted by atomic mass is 10.1. The van der Waals surface area contributed by atoms with Crippen LogP contribution in [0.1, 0.15) is 5.56 Å². The Morgan fingerprint density at radius 1 is 0.933 bits per heavy atom. The van der Waals surface area contributed by atoms with Gasteiger partial charge in [-0.15, -0.1) is 0 Å². The molecule has 77 valence electrons. The molecular weight excluding hydrogens is 196 g/mol. The van der Waals surface area contributed by atoms with Crippen LogP contribution in [0.4, 0.5) is 0 Å². The minimum absolute atomic E-state index is 1.15. The summed E-state index contributed by atoms with van der Waals surface area (Å²) in [5.74, 6) is 0. The third kappa shape index (κ3) is 2.29. The average molecular weight is 213 g/mol. The minimum Gasteiger partial charge on any atom is -0.0768 e. The van der Waals surface area contributed by atoms with Crippen LogP contribution in [0.5, 0.6) is 0 Å². The molecule has 0 aliphatic heterocycles. The molecule has 0 heterocycles. The van der Waals surface area contributed by atoms with Gasteiger partial charge in [-0.05, 0) is 11.1 Å². The molecule has 0 nitrogen and oxygen atoms in total. The first-order chi connectivity index (χ1) is 7.07. The predicted molar refractivity (Wildman–Crippen MR) is 70.1 cm³/mol. The minimum atomic E-state index is -1.15. The highest BCUT2D eigenvalue weighted by molar-refractivity contribution is 6.84. The summed E-state index contributed by atoms with van der Waals surface area (Å²) in [7, 11) is -1.15. The Bertz CT molecular complexity index is 405. The van der Waals surface area contributed by atoms with Gasteiger partial charge in [0.05, 0.1) is 8.07 Å². The molecule has 1 aromatic carbocycles. The maximum atomic E-state index is 2.39. The van der Waals surface area contributed by atoms with Gasteiger partial charge < -0.3 is 0 Å². The monoisotopic (exact) mass is 213 g/mol. The lowest BCUT2D eigenvalue weighted by molar-refractivity contribution is 1.61. The maximum Gasteiger partial charge on any atom is 0.0772 e. The van der Waals surface area contributed by atoms with Gasteiger partial charge in [0, 0.05) is 6.42 Å². The van der Waals surface area contributed by atoms with Gasteiger partial charge in [0.25, 0.3) is 0 Å². The lowest BCUT2D eigenvalue weighted by Gasteiger charge is -2.15. The van der Waals surface area contributed by atoms with Crippen LogP contribution in [0.15, 0.2) is 47.7 Å². The Labute approximate surface area is 93.3 Å². The second-order valence-electron chi connectivity index (χ2n) is 5.00. The second-order valence-corrected chi connectivity index (χ2v) is 10.1. The number of hydrogen-bond acceptors (Lipinski definition) is 0. The van der Waals surface area contributed by atoms with E-state index in [1.54, 1.807) is 5.20 Å². The number of hydrogen-bond donors (Lipinski definition) is 0. The van der Waals surface area contributed by atoms with Crippen LogP contribution in [-0.2, 0) is 0 Å². The molecule has 0 amide bonds. The molecule has 0 saturated heterocycles. The molecule has 2 rings (SSSR count). The summed E-state index contributed by atoms with van der Waals surface area (Å²) < 4.78 is 0. The van der Waals surface area contributed by atoms with Crippen LogP contribution in [-0.4, -0.2) is 8.07 Å². The molecule has 1 aliphatic rings. The van der Waals surface area contributed by atoms with E-state index in [1.165, 1.54) is 11.1 Å². The predicted octanol–water partition coefficient (Wildman–Crippen LogP) is 4.09. The standard InChI is InChI=1S/C14H17Si/c1-15(2,3)14-10-9-13(11-14)12-7-5-4-6-8-12/h4-11H,1-3H3. The zero-order valence-electron chi connectivity index (χ0n) is 9.62. The second kappa shape index (κ2) is 3.82. The van der Waals surface area contributed by atoms with Gasteiger partial charge in [-0.25, -0.2) is 0 Å². The van der Waals surface area contributed by atoms with Crippen molar-refractivity contribution in [3.8, 4) is 0 Å². The number of benzene rings is 1. The fourth-order valence-corrected chi connectivity index (χ4v) is 2.89. The van der Waals surface area contributed by atoms with Crippen molar-refractivity contribution in [2.75, 3.05) is 0 Å². The van der Waals surface area contributed by atoms with E-state index in [-0.39, 0.29) is 0 Å². The molecular formula is C14H17Si. The Balaban J connectivity index is 2.25. The summed E-state index contributed by atoms with van der Waals surface area (Å²) in [6.07, 6.45) is 6.87. The van der Waals surface area contributed by atoms with Crippen LogP contribution in [0.2, 0.25) is 19.6 Å². The maximum absolute atomic E-state index is 2.39. The number of allylic oxidation sites excluding steroid dienone is 4. The van der Waals surface area contributed by atoms with Crippen molar-refractivity contribution in [2.45, 2.75) is 19.6 Å². The molecule has 0 atom stereocenters. The SMILES string of the molecule is C[Si](C)(C)C1=C[CH]C(c2ccccc2)=C1. The van der Waals surface area contributed by atoms with Gasteiger partial charge in [0.1, 0.15) is 0 Å². The van der Waals surface area contributed by atoms with E-state index in [1.807, 2.05) is 0 Å². The van der Waals surface area contributed by atoms with Crippen LogP contribution in [0, 0.1) is 6.42 Å². The van der Waals surface area contributed by atoms with E-state index in [9.17, 15) is 0 Å². The van der Waals surface area contributed by atoms with E-state index in [4.69, 9.17) is 0 Å². The molecule has 0 fully saturated rings. The summed E-state index contributed by atoms with van der Waals surface area (Å²) in [6.45, 7) is 7.16. The Kier molecular flexibility index (Phi) is 2.66. The summed E-state index contributed by atoms with van der Waals surface area (Å²) >= 11 is 0. The fourth-order valence-electron chi connectivity index (χ4n) is 1.72. The van der Waals surface area contributed by atoms with Gasteiger partial charge in [0.2, 0.25) is 0 Å². The molecule has 1 radical (unpaired) electrons. The van der Waals surface area contributed by atoms with Crippen LogP contribution in [0.25, 0.3) is 5.57 Å². The first kappa shape index (κ1) is 10.4. The van der Waals surface area contributed by atoms with Crippen molar-refractivity contribution >= 4 is 13.6 Å². The molecule has 15 heavy (non-hydrogen) atoms. The lowest BCUT2D eigenvalue weighted by Crippen LogP contribution is -2.21. The smallest absolute Gasteiger partial charge is 0.0768 e. The first-order valence-electron chi connectivity index (χ1n) is 5.40. The number of rotatable bonds is 2. The molecule has 0 saturated carbocycles. The topological polar surface area (TPSA) is 0 Å². The Morgan fingerprint density at radius 2 is 1.60 bits per heavy atom. The molecule has 0 bridgehead atoms. The Morgan fingerprint density at radius 3 is 2.13 bits per heavy atom. The van der Waals surface area contributed by atoms with Crippen LogP contribution < -0.4 is 0 Å². The van der Waals surface area contributed by atoms with Crippen molar-refractivity contribution in [1.29, 1.82) is 0 Å². The fraction of sp³-hybridized carbons (Fsp3) is 0.214. The summed E-state index contributed by atoms with van der Waals surface area (Å²) in [6, 6.07) is 10.6. The van der Waals surface area contributed by atoms with Crippen molar-refractivity contribution in [1.82, 2.24) is 0 Å². The third-order valence-corrected chi connectivity index (χ3v) is 4.77. The van der Waals surface area contributed by atoms with Gasteiger partial charge in [-0.2, -0.15) is 0 Å². The molecule has 1 aromatic rings. The van der Waals surface area contributed by atoms with Gasteiger partial charge in [0.15, 0.2) is 0 Å². The van der Waals surface area contributed by atoms with Crippen molar-refractivity contribution in [3.63, 3.8) is 0 Å². The highest BCUT2D eigenvalue weighted by Crippen LogP contribution is 2.30. The first-order valence-corrected chi connectivity index (χ1v) is 8.90. The molecule has 0 spiro atoms. The van der Waals surface area contributed by atoms with E-state index in [0.29, 0.717) is 0 Å². The van der Waals surface area contributed by atoms with E-state index in [2.05, 4.69) is 68.5 Å². The zero-order valence-corrected chi connectivity index (χ0v) is 10.6. The average Bonchev–Trinajstić information content (AvgIpc) is 2.67. The van der Waals surface area contributed by atoms with Crippen molar-refractivity contribution < 1.29 is 0 Å². The molecule has 1 heteroatoms. The molecule has 0 aromatic heterocycles. The van der Waals surface area contributed by atoms with Gasteiger partial charge in [-0.1, -0.05) is 67.3 Å². The van der Waals surface area contributed by atoms with Crippen molar-refractivity contribution in [3.05, 3.63) is 59.7 Å². The van der Waals surface area contributed by atoms with Crippen molar-refractivity contribution in [2.24, 2.45) is 0 Å². The summed E-state index contributed by atoms with van der Waals surface area (Å²) in [5.41, 5.74) is 2.68. The van der Waals surface area contributed by atoms with E-state index >= 15 is 0 Å². The normalized spacial score (nSPS) is 16.2. The molecule has 0 N–H and O–H groups in total. The zero-order chi connectivity index (χ0) is 10.9. The third-order valence-electron chi connectivity index (χ3n) is 2.73. The van der Waals surface area contributed by atoms with Crippen LogP contribution in [0.3, 0.4) is 0 Å². The van der Waals surface area contributed by atoms with E-state index < -0.39 is 8.07 Å².